The molecule has 2 aromatic carbocycles. The average molecular weight is 499 g/mol. The fourth-order valence-electron chi connectivity index (χ4n) is 3.29. The molecule has 34 heavy (non-hydrogen) atoms. The van der Waals surface area contributed by atoms with Gasteiger partial charge in [-0.1, -0.05) is 18.2 Å². The van der Waals surface area contributed by atoms with Crippen molar-refractivity contribution in [3.05, 3.63) is 64.7 Å². The molecule has 176 valence electrons. The predicted octanol–water partition coefficient (Wildman–Crippen LogP) is 3.38. The van der Waals surface area contributed by atoms with Crippen LogP contribution in [0.5, 0.6) is 11.5 Å². The first-order chi connectivity index (χ1) is 16.1. The summed E-state index contributed by atoms with van der Waals surface area (Å²) < 4.78 is 34.7. The highest BCUT2D eigenvalue weighted by atomic mass is 32.3. The lowest BCUT2D eigenvalue weighted by molar-refractivity contribution is -0.114. The molecule has 9 nitrogen and oxygen atoms in total. The third-order valence-corrected chi connectivity index (χ3v) is 7.34. The minimum absolute atomic E-state index is 0.0124. The molecule has 0 saturated heterocycles. The number of sulfone groups is 1. The second-order valence-corrected chi connectivity index (χ2v) is 10.9. The van der Waals surface area contributed by atoms with E-state index < -0.39 is 15.7 Å². The molecule has 0 atom stereocenters. The van der Waals surface area contributed by atoms with Gasteiger partial charge in [0.25, 0.3) is 5.91 Å². The average Bonchev–Trinajstić information content (AvgIpc) is 3.19. The Morgan fingerprint density at radius 3 is 2.26 bits per heavy atom. The molecule has 2 aliphatic heterocycles. The summed E-state index contributed by atoms with van der Waals surface area (Å²) in [5.74, 6) is 0.579. The molecule has 0 bridgehead atoms. The SMILES string of the molecule is Cc1cc(C)cc(OCCOc2ccc(/C=C3/C(=N)N4N=C(S(C)(=O)=O)SC4=NC3=O)cc2)c1. The molecule has 1 amide bonds. The second-order valence-electron chi connectivity index (χ2n) is 7.75. The first-order valence-corrected chi connectivity index (χ1v) is 13.0. The van der Waals surface area contributed by atoms with Crippen molar-refractivity contribution in [2.24, 2.45) is 10.1 Å². The van der Waals surface area contributed by atoms with Crippen molar-refractivity contribution >= 4 is 49.0 Å². The summed E-state index contributed by atoms with van der Waals surface area (Å²) in [6.45, 7) is 4.79. The Bertz CT molecular complexity index is 1340. The Kier molecular flexibility index (Phi) is 6.58. The molecule has 0 unspecified atom stereocenters. The van der Waals surface area contributed by atoms with Gasteiger partial charge in [-0.2, -0.15) is 10.0 Å². The summed E-state index contributed by atoms with van der Waals surface area (Å²) in [6.07, 6.45) is 2.52. The molecule has 0 radical (unpaired) electrons. The summed E-state index contributed by atoms with van der Waals surface area (Å²) in [6, 6.07) is 13.0. The van der Waals surface area contributed by atoms with Crippen molar-refractivity contribution in [3.8, 4) is 11.5 Å². The zero-order valence-corrected chi connectivity index (χ0v) is 20.4. The fraction of sp³-hybridized carbons (Fsp3) is 0.217. The van der Waals surface area contributed by atoms with Crippen molar-refractivity contribution in [3.63, 3.8) is 0 Å². The molecule has 1 N–H and O–H groups in total. The van der Waals surface area contributed by atoms with E-state index in [4.69, 9.17) is 14.9 Å². The van der Waals surface area contributed by atoms with Gasteiger partial charge in [0, 0.05) is 6.26 Å². The van der Waals surface area contributed by atoms with Crippen LogP contribution in [0, 0.1) is 19.3 Å². The van der Waals surface area contributed by atoms with Crippen LogP contribution in [0.15, 0.2) is 58.1 Å². The number of carbonyl (C=O) groups excluding carboxylic acids is 1. The van der Waals surface area contributed by atoms with Gasteiger partial charge in [-0.25, -0.2) is 8.42 Å². The number of hydrogen-bond acceptors (Lipinski definition) is 8. The van der Waals surface area contributed by atoms with E-state index >= 15 is 0 Å². The minimum Gasteiger partial charge on any atom is -0.490 e. The molecular formula is C23H22N4O5S2. The number of rotatable bonds is 6. The molecule has 0 aromatic heterocycles. The van der Waals surface area contributed by atoms with E-state index in [0.717, 1.165) is 39.9 Å². The molecule has 0 aliphatic carbocycles. The second kappa shape index (κ2) is 9.43. The summed E-state index contributed by atoms with van der Waals surface area (Å²) >= 11 is 0.751. The topological polar surface area (TPSA) is 121 Å². The van der Waals surface area contributed by atoms with Crippen molar-refractivity contribution in [1.82, 2.24) is 5.01 Å². The highest BCUT2D eigenvalue weighted by Gasteiger charge is 2.38. The van der Waals surface area contributed by atoms with Gasteiger partial charge in [0.05, 0.1) is 5.57 Å². The van der Waals surface area contributed by atoms with Crippen molar-refractivity contribution in [2.75, 3.05) is 19.5 Å². The molecule has 0 fully saturated rings. The first-order valence-electron chi connectivity index (χ1n) is 10.2. The van der Waals surface area contributed by atoms with Crippen LogP contribution in [0.4, 0.5) is 0 Å². The Morgan fingerprint density at radius 1 is 1.03 bits per heavy atom. The summed E-state index contributed by atoms with van der Waals surface area (Å²) in [5, 5.41) is 13.3. The predicted molar refractivity (Wildman–Crippen MR) is 133 cm³/mol. The Hall–Kier alpha value is -3.44. The zero-order valence-electron chi connectivity index (χ0n) is 18.7. The number of thioether (sulfide) groups is 1. The lowest BCUT2D eigenvalue weighted by atomic mass is 10.1. The molecule has 2 heterocycles. The van der Waals surface area contributed by atoms with E-state index in [0.29, 0.717) is 24.5 Å². The molecule has 0 saturated carbocycles. The van der Waals surface area contributed by atoms with Crippen LogP contribution in [0.25, 0.3) is 6.08 Å². The van der Waals surface area contributed by atoms with Crippen molar-refractivity contribution in [1.29, 1.82) is 5.41 Å². The van der Waals surface area contributed by atoms with Gasteiger partial charge < -0.3 is 9.47 Å². The van der Waals surface area contributed by atoms with Gasteiger partial charge in [0.15, 0.2) is 5.84 Å². The Morgan fingerprint density at radius 2 is 1.65 bits per heavy atom. The van der Waals surface area contributed by atoms with Crippen LogP contribution in [-0.4, -0.2) is 54.2 Å². The van der Waals surface area contributed by atoms with E-state index in [-0.39, 0.29) is 21.0 Å². The molecule has 11 heteroatoms. The van der Waals surface area contributed by atoms with E-state index in [1.165, 1.54) is 6.08 Å². The third-order valence-electron chi connectivity index (χ3n) is 4.76. The summed E-state index contributed by atoms with van der Waals surface area (Å²) in [5.41, 5.74) is 2.94. The van der Waals surface area contributed by atoms with Gasteiger partial charge in [0.1, 0.15) is 24.7 Å². The number of aryl methyl sites for hydroxylation is 2. The molecule has 4 rings (SSSR count). The Labute approximate surface area is 201 Å². The largest absolute Gasteiger partial charge is 0.490 e. The van der Waals surface area contributed by atoms with Crippen LogP contribution in [0.2, 0.25) is 0 Å². The summed E-state index contributed by atoms with van der Waals surface area (Å²) in [7, 11) is -3.57. The van der Waals surface area contributed by atoms with Crippen LogP contribution in [0.1, 0.15) is 16.7 Å². The smallest absolute Gasteiger partial charge is 0.283 e. The monoisotopic (exact) mass is 498 g/mol. The maximum Gasteiger partial charge on any atom is 0.283 e. The fourth-order valence-corrected chi connectivity index (χ4v) is 4.97. The number of carbonyl (C=O) groups is 1. The maximum atomic E-state index is 12.4. The lowest BCUT2D eigenvalue weighted by Crippen LogP contribution is -2.35. The van der Waals surface area contributed by atoms with Crippen molar-refractivity contribution < 1.29 is 22.7 Å². The van der Waals surface area contributed by atoms with Crippen molar-refractivity contribution in [2.45, 2.75) is 13.8 Å². The van der Waals surface area contributed by atoms with E-state index in [1.54, 1.807) is 24.3 Å². The number of hydrazone groups is 1. The number of fused-ring (bicyclic) bond motifs is 1. The van der Waals surface area contributed by atoms with E-state index in [1.807, 2.05) is 26.0 Å². The van der Waals surface area contributed by atoms with Crippen LogP contribution in [0.3, 0.4) is 0 Å². The van der Waals surface area contributed by atoms with E-state index in [2.05, 4.69) is 16.2 Å². The number of amides is 1. The molecular weight excluding hydrogens is 476 g/mol. The number of hydrogen-bond donors (Lipinski definition) is 1. The van der Waals surface area contributed by atoms with Crippen LogP contribution in [-0.2, 0) is 14.6 Å². The summed E-state index contributed by atoms with van der Waals surface area (Å²) in [4.78, 5) is 16.3. The quantitative estimate of drug-likeness (QED) is 0.479. The molecule has 0 spiro atoms. The number of ether oxygens (including phenoxy) is 2. The Balaban J connectivity index is 1.38. The third kappa shape index (κ3) is 5.37. The number of nitrogens with zero attached hydrogens (tertiary/aromatic N) is 3. The first kappa shape index (κ1) is 23.7. The van der Waals surface area contributed by atoms with Gasteiger partial charge in [-0.05, 0) is 72.6 Å². The molecule has 2 aromatic rings. The van der Waals surface area contributed by atoms with Crippen LogP contribution < -0.4 is 9.47 Å². The van der Waals surface area contributed by atoms with Gasteiger partial charge in [-0.3, -0.25) is 10.2 Å². The van der Waals surface area contributed by atoms with Crippen LogP contribution >= 0.6 is 11.8 Å². The standard InChI is InChI=1S/C23H22N4O5S2/c1-14-10-15(2)12-18(11-14)32-9-8-31-17-6-4-16(5-7-17)13-19-20(24)27-22(25-21(19)28)33-23(26-27)34(3,29)30/h4-7,10-13,24H,8-9H2,1-3H3/b19-13-,24-20?. The highest BCUT2D eigenvalue weighted by molar-refractivity contribution is 8.42. The zero-order chi connectivity index (χ0) is 24.5. The van der Waals surface area contributed by atoms with Gasteiger partial charge in [0.2, 0.25) is 19.4 Å². The molecule has 2 aliphatic rings. The normalized spacial score (nSPS) is 16.9. The number of benzene rings is 2. The number of aliphatic imine (C=N–C) groups is 1. The minimum atomic E-state index is -3.57. The van der Waals surface area contributed by atoms with E-state index in [9.17, 15) is 13.2 Å². The van der Waals surface area contributed by atoms with Gasteiger partial charge in [-0.15, -0.1) is 5.10 Å². The maximum absolute atomic E-state index is 12.4. The number of nitrogens with one attached hydrogen (secondary N) is 1. The lowest BCUT2D eigenvalue weighted by Gasteiger charge is -2.20. The highest BCUT2D eigenvalue weighted by Crippen LogP contribution is 2.30. The van der Waals surface area contributed by atoms with Gasteiger partial charge >= 0.3 is 0 Å². The number of amidine groups is 2.